The zero-order valence-electron chi connectivity index (χ0n) is 10.7. The van der Waals surface area contributed by atoms with E-state index in [4.69, 9.17) is 5.11 Å². The lowest BCUT2D eigenvalue weighted by atomic mass is 10.3. The van der Waals surface area contributed by atoms with Crippen LogP contribution in [0.3, 0.4) is 0 Å². The first-order chi connectivity index (χ1) is 9.00. The molecule has 1 saturated heterocycles. The average Bonchev–Trinajstić information content (AvgIpc) is 2.92. The maximum atomic E-state index is 12.1. The van der Waals surface area contributed by atoms with Crippen molar-refractivity contribution in [3.05, 3.63) is 18.2 Å². The van der Waals surface area contributed by atoms with Gasteiger partial charge in [-0.15, -0.1) is 11.8 Å². The Morgan fingerprint density at radius 1 is 1.63 bits per heavy atom. The number of rotatable bonds is 3. The molecule has 2 heterocycles. The summed E-state index contributed by atoms with van der Waals surface area (Å²) < 4.78 is 1.80. The summed E-state index contributed by atoms with van der Waals surface area (Å²) in [5, 5.41) is 11.7. The fraction of sp³-hybridized carbons (Fsp3) is 0.545. The topological polar surface area (TPSA) is 87.5 Å². The highest BCUT2D eigenvalue weighted by Crippen LogP contribution is 2.28. The molecule has 1 aromatic rings. The summed E-state index contributed by atoms with van der Waals surface area (Å²) in [6, 6.07) is -1.13. The second-order valence-electron chi connectivity index (χ2n) is 4.31. The molecule has 0 saturated carbocycles. The third kappa shape index (κ3) is 2.83. The second-order valence-corrected chi connectivity index (χ2v) is 5.66. The molecule has 2 N–H and O–H groups in total. The van der Waals surface area contributed by atoms with Crippen LogP contribution in [-0.4, -0.2) is 48.7 Å². The standard InChI is InChI=1S/C11H16N4O3S/c1-7-15(8(6-19-7)10(16)17)11(18)13-5-9-12-3-4-14(9)2/h3-4,7-8H,5-6H2,1-2H3,(H,13,18)(H,16,17). The van der Waals surface area contributed by atoms with Gasteiger partial charge in [-0.2, -0.15) is 0 Å². The molecule has 0 spiro atoms. The van der Waals surface area contributed by atoms with Gasteiger partial charge in [-0.3, -0.25) is 4.90 Å². The van der Waals surface area contributed by atoms with Crippen LogP contribution in [0.25, 0.3) is 0 Å². The minimum atomic E-state index is -0.969. The van der Waals surface area contributed by atoms with Gasteiger partial charge < -0.3 is 15.0 Å². The van der Waals surface area contributed by atoms with Crippen LogP contribution in [0, 0.1) is 0 Å². The maximum absolute atomic E-state index is 12.1. The molecule has 8 heteroatoms. The largest absolute Gasteiger partial charge is 0.480 e. The van der Waals surface area contributed by atoms with Gasteiger partial charge >= 0.3 is 12.0 Å². The molecule has 1 fully saturated rings. The van der Waals surface area contributed by atoms with Crippen molar-refractivity contribution in [2.75, 3.05) is 5.75 Å². The van der Waals surface area contributed by atoms with E-state index in [-0.39, 0.29) is 17.9 Å². The summed E-state index contributed by atoms with van der Waals surface area (Å²) >= 11 is 1.46. The van der Waals surface area contributed by atoms with Crippen molar-refractivity contribution in [3.8, 4) is 0 Å². The number of carboxylic acid groups (broad SMARTS) is 1. The first-order valence-corrected chi connectivity index (χ1v) is 6.92. The average molecular weight is 284 g/mol. The number of hydrogen-bond acceptors (Lipinski definition) is 4. The molecule has 0 aliphatic carbocycles. The van der Waals surface area contributed by atoms with Crippen LogP contribution in [0.1, 0.15) is 12.7 Å². The van der Waals surface area contributed by atoms with Gasteiger partial charge in [0, 0.05) is 25.2 Å². The Morgan fingerprint density at radius 3 is 2.95 bits per heavy atom. The van der Waals surface area contributed by atoms with E-state index in [2.05, 4.69) is 10.3 Å². The van der Waals surface area contributed by atoms with Crippen molar-refractivity contribution in [2.24, 2.45) is 7.05 Å². The van der Waals surface area contributed by atoms with E-state index in [9.17, 15) is 9.59 Å². The smallest absolute Gasteiger partial charge is 0.327 e. The third-order valence-corrected chi connectivity index (χ3v) is 4.28. The molecule has 2 rings (SSSR count). The number of thioether (sulfide) groups is 1. The predicted molar refractivity (Wildman–Crippen MR) is 70.6 cm³/mol. The van der Waals surface area contributed by atoms with Crippen molar-refractivity contribution in [1.82, 2.24) is 19.8 Å². The van der Waals surface area contributed by atoms with Gasteiger partial charge in [0.05, 0.1) is 11.9 Å². The summed E-state index contributed by atoms with van der Waals surface area (Å²) in [7, 11) is 1.84. The lowest BCUT2D eigenvalue weighted by Crippen LogP contribution is -2.49. The summed E-state index contributed by atoms with van der Waals surface area (Å²) in [5.74, 6) is 0.176. The van der Waals surface area contributed by atoms with Crippen LogP contribution in [0.2, 0.25) is 0 Å². The van der Waals surface area contributed by atoms with Gasteiger partial charge in [-0.1, -0.05) is 0 Å². The van der Waals surface area contributed by atoms with Crippen molar-refractivity contribution in [3.63, 3.8) is 0 Å². The fourth-order valence-electron chi connectivity index (χ4n) is 1.95. The summed E-state index contributed by atoms with van der Waals surface area (Å²) in [6.45, 7) is 2.11. The number of carbonyl (C=O) groups excluding carboxylic acids is 1. The number of aromatic nitrogens is 2. The highest BCUT2D eigenvalue weighted by atomic mass is 32.2. The lowest BCUT2D eigenvalue weighted by Gasteiger charge is -2.25. The highest BCUT2D eigenvalue weighted by molar-refractivity contribution is 8.00. The first-order valence-electron chi connectivity index (χ1n) is 5.87. The minimum absolute atomic E-state index is 0.137. The minimum Gasteiger partial charge on any atom is -0.480 e. The number of aryl methyl sites for hydroxylation is 1. The van der Waals surface area contributed by atoms with Gasteiger partial charge in [0.15, 0.2) is 0 Å². The summed E-state index contributed by atoms with van der Waals surface area (Å²) in [6.07, 6.45) is 3.44. The number of amides is 2. The Hall–Kier alpha value is -1.70. The SMILES string of the molecule is CC1SCC(C(=O)O)N1C(=O)NCc1nccn1C. The summed E-state index contributed by atoms with van der Waals surface area (Å²) in [4.78, 5) is 28.6. The van der Waals surface area contributed by atoms with Crippen LogP contribution < -0.4 is 5.32 Å². The molecular formula is C11H16N4O3S. The van der Waals surface area contributed by atoms with Gasteiger partial charge in [0.2, 0.25) is 0 Å². The molecular weight excluding hydrogens is 268 g/mol. The van der Waals surface area contributed by atoms with Crippen molar-refractivity contribution < 1.29 is 14.7 Å². The number of nitrogens with zero attached hydrogens (tertiary/aromatic N) is 3. The van der Waals surface area contributed by atoms with Crippen LogP contribution in [0.5, 0.6) is 0 Å². The number of nitrogens with one attached hydrogen (secondary N) is 1. The number of imidazole rings is 1. The zero-order chi connectivity index (χ0) is 14.0. The molecule has 2 atom stereocenters. The van der Waals surface area contributed by atoms with Crippen LogP contribution in [-0.2, 0) is 18.4 Å². The highest BCUT2D eigenvalue weighted by Gasteiger charge is 2.39. The van der Waals surface area contributed by atoms with Gasteiger partial charge in [-0.05, 0) is 6.92 Å². The normalized spacial score (nSPS) is 22.5. The van der Waals surface area contributed by atoms with Crippen LogP contribution in [0.4, 0.5) is 4.79 Å². The van der Waals surface area contributed by atoms with Gasteiger partial charge in [0.25, 0.3) is 0 Å². The molecule has 1 aromatic heterocycles. The Kier molecular flexibility index (Phi) is 3.98. The lowest BCUT2D eigenvalue weighted by molar-refractivity contribution is -0.141. The molecule has 7 nitrogen and oxygen atoms in total. The van der Waals surface area contributed by atoms with E-state index >= 15 is 0 Å². The Bertz CT molecular complexity index is 490. The predicted octanol–water partition coefficient (Wildman–Crippen LogP) is 0.478. The van der Waals surface area contributed by atoms with Crippen LogP contribution in [0.15, 0.2) is 12.4 Å². The number of carboxylic acids is 1. The molecule has 0 bridgehead atoms. The molecule has 0 aromatic carbocycles. The molecule has 1 aliphatic rings. The monoisotopic (exact) mass is 284 g/mol. The quantitative estimate of drug-likeness (QED) is 0.843. The second kappa shape index (κ2) is 5.52. The number of urea groups is 1. The van der Waals surface area contributed by atoms with Crippen molar-refractivity contribution in [1.29, 1.82) is 0 Å². The molecule has 2 amide bonds. The van der Waals surface area contributed by atoms with Gasteiger partial charge in [0.1, 0.15) is 11.9 Å². The Balaban J connectivity index is 1.99. The number of aliphatic carboxylic acids is 1. The van der Waals surface area contributed by atoms with E-state index in [1.54, 1.807) is 17.0 Å². The Labute approximate surface area is 115 Å². The molecule has 2 unspecified atom stereocenters. The van der Waals surface area contributed by atoms with Gasteiger partial charge in [-0.25, -0.2) is 14.6 Å². The maximum Gasteiger partial charge on any atom is 0.327 e. The van der Waals surface area contributed by atoms with Crippen molar-refractivity contribution >= 4 is 23.8 Å². The van der Waals surface area contributed by atoms with E-state index in [0.29, 0.717) is 5.75 Å². The van der Waals surface area contributed by atoms with Crippen molar-refractivity contribution in [2.45, 2.75) is 24.9 Å². The molecule has 19 heavy (non-hydrogen) atoms. The van der Waals surface area contributed by atoms with E-state index in [1.807, 2.05) is 14.0 Å². The number of carbonyl (C=O) groups is 2. The Morgan fingerprint density at radius 2 is 2.37 bits per heavy atom. The van der Waals surface area contributed by atoms with E-state index in [0.717, 1.165) is 5.82 Å². The first kappa shape index (κ1) is 13.7. The van der Waals surface area contributed by atoms with Crippen LogP contribution >= 0.6 is 11.8 Å². The zero-order valence-corrected chi connectivity index (χ0v) is 11.6. The van der Waals surface area contributed by atoms with E-state index in [1.165, 1.54) is 16.7 Å². The summed E-state index contributed by atoms with van der Waals surface area (Å²) in [5.41, 5.74) is 0. The molecule has 0 radical (unpaired) electrons. The third-order valence-electron chi connectivity index (χ3n) is 3.06. The molecule has 1 aliphatic heterocycles. The fourth-order valence-corrected chi connectivity index (χ4v) is 3.12. The van der Waals surface area contributed by atoms with E-state index < -0.39 is 12.0 Å². The number of hydrogen-bond donors (Lipinski definition) is 2. The molecule has 104 valence electrons.